The topological polar surface area (TPSA) is 24.7 Å². The lowest BCUT2D eigenvalue weighted by molar-refractivity contribution is 1.07. The van der Waals surface area contributed by atoms with E-state index < -0.39 is 0 Å². The first-order chi connectivity index (χ1) is 4.74. The summed E-state index contributed by atoms with van der Waals surface area (Å²) in [6.45, 7) is 4.03. The van der Waals surface area contributed by atoms with Gasteiger partial charge >= 0.3 is 0 Å². The van der Waals surface area contributed by atoms with Crippen LogP contribution in [0.2, 0.25) is 0 Å². The highest BCUT2D eigenvalue weighted by molar-refractivity contribution is 6.40. The summed E-state index contributed by atoms with van der Waals surface area (Å²) in [5.41, 5.74) is 2.16. The monoisotopic (exact) mass is 138 g/mol. The van der Waals surface area contributed by atoms with Gasteiger partial charge in [-0.05, 0) is 26.7 Å². The van der Waals surface area contributed by atoms with Crippen molar-refractivity contribution in [2.24, 2.45) is 9.98 Å². The Morgan fingerprint density at radius 1 is 1.20 bits per heavy atom. The number of rotatable bonds is 2. The van der Waals surface area contributed by atoms with Gasteiger partial charge in [0.05, 0.1) is 17.5 Å². The molecule has 0 aromatic carbocycles. The zero-order valence-electron chi connectivity index (χ0n) is 6.89. The lowest BCUT2D eigenvalue weighted by Gasteiger charge is -1.95. The number of hydrogen-bond acceptors (Lipinski definition) is 2. The predicted molar refractivity (Wildman–Crippen MR) is 45.2 cm³/mol. The Morgan fingerprint density at radius 2 is 1.80 bits per heavy atom. The van der Waals surface area contributed by atoms with Crippen LogP contribution in [0.3, 0.4) is 0 Å². The van der Waals surface area contributed by atoms with Crippen molar-refractivity contribution in [2.45, 2.75) is 32.7 Å². The van der Waals surface area contributed by atoms with Crippen LogP contribution in [-0.2, 0) is 0 Å². The van der Waals surface area contributed by atoms with Crippen LogP contribution in [0.25, 0.3) is 0 Å². The van der Waals surface area contributed by atoms with Crippen molar-refractivity contribution in [3.8, 4) is 0 Å². The van der Waals surface area contributed by atoms with Gasteiger partial charge in [0.1, 0.15) is 0 Å². The molecule has 0 amide bonds. The average molecular weight is 138 g/mol. The Balaban J connectivity index is 2.53. The standard InChI is InChI=1S/C8H14N2/c1-6(9-3)7(2)10-8-4-5-8/h8H,4-5H2,1-3H3/b9-6-,10-7-. The highest BCUT2D eigenvalue weighted by Gasteiger charge is 2.20. The van der Waals surface area contributed by atoms with Gasteiger partial charge in [-0.3, -0.25) is 9.98 Å². The Hall–Kier alpha value is -0.660. The van der Waals surface area contributed by atoms with Crippen molar-refractivity contribution in [1.82, 2.24) is 0 Å². The fraction of sp³-hybridized carbons (Fsp3) is 0.750. The number of nitrogens with zero attached hydrogens (tertiary/aromatic N) is 2. The first kappa shape index (κ1) is 7.45. The molecule has 0 atom stereocenters. The average Bonchev–Trinajstić information content (AvgIpc) is 2.70. The molecule has 0 radical (unpaired) electrons. The summed E-state index contributed by atoms with van der Waals surface area (Å²) in [5.74, 6) is 0. The molecule has 0 saturated heterocycles. The summed E-state index contributed by atoms with van der Waals surface area (Å²) in [6, 6.07) is 0.622. The van der Waals surface area contributed by atoms with Gasteiger partial charge in [0.25, 0.3) is 0 Å². The largest absolute Gasteiger partial charge is 0.292 e. The zero-order valence-corrected chi connectivity index (χ0v) is 6.89. The van der Waals surface area contributed by atoms with Crippen LogP contribution in [-0.4, -0.2) is 24.5 Å². The van der Waals surface area contributed by atoms with Crippen LogP contribution in [0, 0.1) is 0 Å². The van der Waals surface area contributed by atoms with Gasteiger partial charge in [-0.1, -0.05) is 0 Å². The van der Waals surface area contributed by atoms with E-state index >= 15 is 0 Å². The SMILES string of the molecule is C/N=C(C)\C(C)=N/C1CC1. The van der Waals surface area contributed by atoms with Crippen LogP contribution in [0.4, 0.5) is 0 Å². The van der Waals surface area contributed by atoms with Crippen LogP contribution in [0.1, 0.15) is 26.7 Å². The van der Waals surface area contributed by atoms with Gasteiger partial charge in [-0.25, -0.2) is 0 Å². The fourth-order valence-corrected chi connectivity index (χ4v) is 0.733. The van der Waals surface area contributed by atoms with Gasteiger partial charge in [0.2, 0.25) is 0 Å². The molecule has 1 aliphatic rings. The minimum Gasteiger partial charge on any atom is -0.292 e. The van der Waals surface area contributed by atoms with E-state index in [0.29, 0.717) is 6.04 Å². The Labute approximate surface area is 62.1 Å². The van der Waals surface area contributed by atoms with Crippen molar-refractivity contribution in [2.75, 3.05) is 7.05 Å². The Morgan fingerprint density at radius 3 is 2.20 bits per heavy atom. The summed E-state index contributed by atoms with van der Waals surface area (Å²) in [7, 11) is 1.81. The van der Waals surface area contributed by atoms with E-state index in [2.05, 4.69) is 9.98 Å². The third-order valence-corrected chi connectivity index (χ3v) is 1.78. The molecule has 0 spiro atoms. The van der Waals surface area contributed by atoms with Crippen molar-refractivity contribution in [1.29, 1.82) is 0 Å². The van der Waals surface area contributed by atoms with E-state index in [1.54, 1.807) is 7.05 Å². The number of aliphatic imine (C=N–C) groups is 2. The molecule has 0 aliphatic heterocycles. The molecule has 1 saturated carbocycles. The quantitative estimate of drug-likeness (QED) is 0.519. The molecule has 1 fully saturated rings. The summed E-state index contributed by atoms with van der Waals surface area (Å²) in [6.07, 6.45) is 2.54. The van der Waals surface area contributed by atoms with Gasteiger partial charge in [0.15, 0.2) is 0 Å². The van der Waals surface area contributed by atoms with Gasteiger partial charge < -0.3 is 0 Å². The molecule has 1 aliphatic carbocycles. The van der Waals surface area contributed by atoms with Crippen molar-refractivity contribution in [3.05, 3.63) is 0 Å². The van der Waals surface area contributed by atoms with E-state index in [1.165, 1.54) is 12.8 Å². The molecule has 2 heteroatoms. The second kappa shape index (κ2) is 2.95. The summed E-state index contributed by atoms with van der Waals surface area (Å²) in [4.78, 5) is 8.50. The highest BCUT2D eigenvalue weighted by Crippen LogP contribution is 2.23. The lowest BCUT2D eigenvalue weighted by Crippen LogP contribution is -2.05. The van der Waals surface area contributed by atoms with Crippen molar-refractivity contribution in [3.63, 3.8) is 0 Å². The first-order valence-electron chi connectivity index (χ1n) is 3.72. The molecule has 10 heavy (non-hydrogen) atoms. The smallest absolute Gasteiger partial charge is 0.0527 e. The maximum absolute atomic E-state index is 4.45. The van der Waals surface area contributed by atoms with E-state index in [9.17, 15) is 0 Å². The van der Waals surface area contributed by atoms with E-state index in [-0.39, 0.29) is 0 Å². The lowest BCUT2D eigenvalue weighted by atomic mass is 10.3. The minimum atomic E-state index is 0.622. The van der Waals surface area contributed by atoms with E-state index in [1.807, 2.05) is 13.8 Å². The normalized spacial score (nSPS) is 21.5. The second-order valence-electron chi connectivity index (χ2n) is 2.75. The predicted octanol–water partition coefficient (Wildman–Crippen LogP) is 1.70. The summed E-state index contributed by atoms with van der Waals surface area (Å²) >= 11 is 0. The molecular formula is C8H14N2. The fourth-order valence-electron chi connectivity index (χ4n) is 0.733. The minimum absolute atomic E-state index is 0.622. The van der Waals surface area contributed by atoms with Gasteiger partial charge in [0, 0.05) is 7.05 Å². The third kappa shape index (κ3) is 1.94. The maximum Gasteiger partial charge on any atom is 0.0527 e. The van der Waals surface area contributed by atoms with Gasteiger partial charge in [-0.15, -0.1) is 0 Å². The molecule has 0 aromatic rings. The Bertz CT molecular complexity index is 176. The number of hydrogen-bond donors (Lipinski definition) is 0. The van der Waals surface area contributed by atoms with E-state index in [0.717, 1.165) is 11.4 Å². The Kier molecular flexibility index (Phi) is 2.20. The van der Waals surface area contributed by atoms with E-state index in [4.69, 9.17) is 0 Å². The molecule has 1 rings (SSSR count). The molecule has 2 nitrogen and oxygen atoms in total. The van der Waals surface area contributed by atoms with Crippen LogP contribution >= 0.6 is 0 Å². The summed E-state index contributed by atoms with van der Waals surface area (Å²) < 4.78 is 0. The molecule has 0 N–H and O–H groups in total. The van der Waals surface area contributed by atoms with Gasteiger partial charge in [-0.2, -0.15) is 0 Å². The zero-order chi connectivity index (χ0) is 7.56. The van der Waals surface area contributed by atoms with Crippen LogP contribution in [0.5, 0.6) is 0 Å². The molecule has 0 heterocycles. The third-order valence-electron chi connectivity index (χ3n) is 1.78. The highest BCUT2D eigenvalue weighted by atomic mass is 14.9. The van der Waals surface area contributed by atoms with Crippen molar-refractivity contribution < 1.29 is 0 Å². The molecule has 0 bridgehead atoms. The molecule has 0 aromatic heterocycles. The second-order valence-corrected chi connectivity index (χ2v) is 2.75. The van der Waals surface area contributed by atoms with Crippen LogP contribution in [0.15, 0.2) is 9.98 Å². The summed E-state index contributed by atoms with van der Waals surface area (Å²) in [5, 5.41) is 0. The molecular weight excluding hydrogens is 124 g/mol. The molecule has 0 unspecified atom stereocenters. The molecule has 56 valence electrons. The maximum atomic E-state index is 4.45. The first-order valence-corrected chi connectivity index (χ1v) is 3.72. The van der Waals surface area contributed by atoms with Crippen LogP contribution < -0.4 is 0 Å². The van der Waals surface area contributed by atoms with Crippen molar-refractivity contribution >= 4 is 11.4 Å².